The van der Waals surface area contributed by atoms with E-state index in [4.69, 9.17) is 5.73 Å². The third-order valence-corrected chi connectivity index (χ3v) is 5.99. The molecule has 1 saturated heterocycles. The molecule has 1 aliphatic heterocycles. The number of aliphatic hydroxyl groups excluding tert-OH is 1. The fourth-order valence-corrected chi connectivity index (χ4v) is 4.48. The van der Waals surface area contributed by atoms with Gasteiger partial charge in [-0.25, -0.2) is 0 Å². The molecule has 4 rings (SSSR count). The lowest BCUT2D eigenvalue weighted by Gasteiger charge is -2.39. The minimum atomic E-state index is -0.699. The maximum atomic E-state index is 12.8. The average Bonchev–Trinajstić information content (AvgIpc) is 3.08. The van der Waals surface area contributed by atoms with Crippen molar-refractivity contribution in [3.05, 3.63) is 48.0 Å². The van der Waals surface area contributed by atoms with Crippen LogP contribution in [0.15, 0.2) is 42.5 Å². The number of carbonyl (C=O) groups excluding carboxylic acids is 1. The molecule has 2 aliphatic rings. The molecule has 3 N–H and O–H groups in total. The number of β-amino-alcohol motifs (C(OH)–C–C–N with tert-alkyl or cyclic N) is 1. The summed E-state index contributed by atoms with van der Waals surface area (Å²) in [4.78, 5) is 14.6. The van der Waals surface area contributed by atoms with Gasteiger partial charge in [0.2, 0.25) is 5.91 Å². The number of likely N-dealkylation sites (tertiary alicyclic amines) is 1. The van der Waals surface area contributed by atoms with E-state index in [0.29, 0.717) is 13.1 Å². The molecule has 1 saturated carbocycles. The molecule has 4 nitrogen and oxygen atoms in total. The molecule has 0 radical (unpaired) electrons. The molecule has 0 spiro atoms. The number of hydrogen-bond acceptors (Lipinski definition) is 3. The second-order valence-electron chi connectivity index (χ2n) is 7.68. The second kappa shape index (κ2) is 7.55. The van der Waals surface area contributed by atoms with Crippen LogP contribution in [0, 0.1) is 0 Å². The minimum Gasteiger partial charge on any atom is -0.391 e. The molecular weight excluding hydrogens is 348 g/mol. The monoisotopic (exact) mass is 374 g/mol. The van der Waals surface area contributed by atoms with Crippen molar-refractivity contribution in [3.63, 3.8) is 0 Å². The Balaban J connectivity index is 0.00000196. The number of rotatable bonds is 2. The van der Waals surface area contributed by atoms with E-state index in [1.807, 2.05) is 12.1 Å². The van der Waals surface area contributed by atoms with Gasteiger partial charge in [0.25, 0.3) is 0 Å². The van der Waals surface area contributed by atoms with Crippen LogP contribution in [0.5, 0.6) is 0 Å². The number of amides is 1. The number of benzene rings is 2. The van der Waals surface area contributed by atoms with E-state index in [9.17, 15) is 9.90 Å². The summed E-state index contributed by atoms with van der Waals surface area (Å²) >= 11 is 0. The largest absolute Gasteiger partial charge is 0.391 e. The van der Waals surface area contributed by atoms with E-state index < -0.39 is 11.6 Å². The molecule has 1 heterocycles. The van der Waals surface area contributed by atoms with Gasteiger partial charge >= 0.3 is 0 Å². The van der Waals surface area contributed by atoms with Crippen LogP contribution >= 0.6 is 12.4 Å². The topological polar surface area (TPSA) is 66.6 Å². The van der Waals surface area contributed by atoms with E-state index >= 15 is 0 Å². The fraction of sp³-hybridized carbons (Fsp3) is 0.476. The molecule has 0 unspecified atom stereocenters. The molecular formula is C21H27ClN2O2. The Labute approximate surface area is 160 Å². The number of nitrogens with two attached hydrogens (primary N) is 1. The molecule has 140 valence electrons. The van der Waals surface area contributed by atoms with Gasteiger partial charge in [-0.1, -0.05) is 55.3 Å². The molecule has 0 aromatic heterocycles. The zero-order valence-corrected chi connectivity index (χ0v) is 15.8. The molecule has 2 fully saturated rings. The molecule has 1 amide bonds. The van der Waals surface area contributed by atoms with Gasteiger partial charge in [0.05, 0.1) is 11.6 Å². The van der Waals surface area contributed by atoms with Crippen molar-refractivity contribution in [2.45, 2.75) is 49.7 Å². The van der Waals surface area contributed by atoms with Crippen molar-refractivity contribution in [3.8, 4) is 0 Å². The highest BCUT2D eigenvalue weighted by Crippen LogP contribution is 2.34. The van der Waals surface area contributed by atoms with Gasteiger partial charge in [-0.15, -0.1) is 12.4 Å². The van der Waals surface area contributed by atoms with Gasteiger partial charge in [-0.05, 0) is 35.6 Å². The van der Waals surface area contributed by atoms with E-state index in [1.54, 1.807) is 4.90 Å². The Morgan fingerprint density at radius 1 is 1.12 bits per heavy atom. The number of aliphatic hydroxyl groups is 1. The van der Waals surface area contributed by atoms with Crippen LogP contribution in [-0.2, 0) is 4.79 Å². The third-order valence-electron chi connectivity index (χ3n) is 5.99. The number of hydrogen-bond donors (Lipinski definition) is 2. The predicted octanol–water partition coefficient (Wildman–Crippen LogP) is 3.21. The van der Waals surface area contributed by atoms with Crippen LogP contribution in [-0.4, -0.2) is 40.6 Å². The molecule has 0 bridgehead atoms. The van der Waals surface area contributed by atoms with Crippen LogP contribution in [0.3, 0.4) is 0 Å². The standard InChI is InChI=1S/C21H26N2O2.ClH/c22-21(10-3-4-11-21)20(25)23-12-9-18(19(24)14-23)17-8-7-15-5-1-2-6-16(15)13-17;/h1-2,5-8,13,18-19,24H,3-4,9-12,14,22H2;1H/t18-,19+;/m0./s1. The third kappa shape index (κ3) is 3.46. The lowest BCUT2D eigenvalue weighted by molar-refractivity contribution is -0.140. The van der Waals surface area contributed by atoms with E-state index in [-0.39, 0.29) is 24.2 Å². The van der Waals surface area contributed by atoms with Crippen molar-refractivity contribution in [2.75, 3.05) is 13.1 Å². The summed E-state index contributed by atoms with van der Waals surface area (Å²) in [6.45, 7) is 1.06. The van der Waals surface area contributed by atoms with Crippen LogP contribution in [0.1, 0.15) is 43.6 Å². The van der Waals surface area contributed by atoms with Crippen molar-refractivity contribution in [2.24, 2.45) is 5.73 Å². The Morgan fingerprint density at radius 2 is 1.81 bits per heavy atom. The van der Waals surface area contributed by atoms with Gasteiger partial charge in [-0.2, -0.15) is 0 Å². The minimum absolute atomic E-state index is 0. The zero-order valence-electron chi connectivity index (χ0n) is 14.9. The predicted molar refractivity (Wildman–Crippen MR) is 107 cm³/mol. The Bertz CT molecular complexity index is 788. The fourth-order valence-electron chi connectivity index (χ4n) is 4.48. The van der Waals surface area contributed by atoms with Gasteiger partial charge in [0.15, 0.2) is 0 Å². The normalized spacial score (nSPS) is 25.1. The Kier molecular flexibility index (Phi) is 5.56. The number of fused-ring (bicyclic) bond motifs is 1. The maximum absolute atomic E-state index is 12.8. The number of halogens is 1. The highest BCUT2D eigenvalue weighted by molar-refractivity contribution is 5.87. The number of carbonyl (C=O) groups is 1. The van der Waals surface area contributed by atoms with E-state index in [0.717, 1.165) is 37.7 Å². The molecule has 5 heteroatoms. The van der Waals surface area contributed by atoms with Crippen LogP contribution in [0.2, 0.25) is 0 Å². The molecule has 2 atom stereocenters. The second-order valence-corrected chi connectivity index (χ2v) is 7.68. The lowest BCUT2D eigenvalue weighted by Crippen LogP contribution is -2.57. The van der Waals surface area contributed by atoms with E-state index in [1.165, 1.54) is 10.8 Å². The van der Waals surface area contributed by atoms with Crippen molar-refractivity contribution < 1.29 is 9.90 Å². The van der Waals surface area contributed by atoms with Crippen molar-refractivity contribution >= 4 is 29.1 Å². The summed E-state index contributed by atoms with van der Waals surface area (Å²) in [5.41, 5.74) is 6.77. The van der Waals surface area contributed by atoms with Crippen LogP contribution in [0.25, 0.3) is 10.8 Å². The van der Waals surface area contributed by atoms with Gasteiger partial charge in [0, 0.05) is 19.0 Å². The Morgan fingerprint density at radius 3 is 2.50 bits per heavy atom. The molecule has 2 aromatic rings. The van der Waals surface area contributed by atoms with Crippen LogP contribution < -0.4 is 5.73 Å². The first-order valence-electron chi connectivity index (χ1n) is 9.32. The Hall–Kier alpha value is -1.62. The summed E-state index contributed by atoms with van der Waals surface area (Å²) in [7, 11) is 0. The quantitative estimate of drug-likeness (QED) is 0.848. The van der Waals surface area contributed by atoms with Crippen molar-refractivity contribution in [1.82, 2.24) is 4.90 Å². The van der Waals surface area contributed by atoms with Crippen LogP contribution in [0.4, 0.5) is 0 Å². The lowest BCUT2D eigenvalue weighted by atomic mass is 9.85. The SMILES string of the molecule is Cl.NC1(C(=O)N2CC[C@@H](c3ccc4ccccc4c3)[C@H](O)C2)CCCC1. The zero-order chi connectivity index (χ0) is 17.4. The molecule has 26 heavy (non-hydrogen) atoms. The molecule has 2 aromatic carbocycles. The first-order valence-corrected chi connectivity index (χ1v) is 9.32. The first-order chi connectivity index (χ1) is 12.1. The number of nitrogens with zero attached hydrogens (tertiary/aromatic N) is 1. The van der Waals surface area contributed by atoms with Gasteiger partial charge in [0.1, 0.15) is 0 Å². The van der Waals surface area contributed by atoms with Gasteiger partial charge in [-0.3, -0.25) is 4.79 Å². The maximum Gasteiger partial charge on any atom is 0.242 e. The average molecular weight is 375 g/mol. The van der Waals surface area contributed by atoms with E-state index in [2.05, 4.69) is 30.3 Å². The highest BCUT2D eigenvalue weighted by Gasteiger charge is 2.42. The smallest absolute Gasteiger partial charge is 0.242 e. The summed E-state index contributed by atoms with van der Waals surface area (Å²) < 4.78 is 0. The highest BCUT2D eigenvalue weighted by atomic mass is 35.5. The summed E-state index contributed by atoms with van der Waals surface area (Å²) in [5, 5.41) is 13.1. The first kappa shape index (κ1) is 19.2. The summed E-state index contributed by atoms with van der Waals surface area (Å²) in [5.74, 6) is 0.104. The van der Waals surface area contributed by atoms with Crippen molar-refractivity contribution in [1.29, 1.82) is 0 Å². The number of piperidine rings is 1. The molecule has 1 aliphatic carbocycles. The summed E-state index contributed by atoms with van der Waals surface area (Å²) in [6.07, 6.45) is 3.83. The summed E-state index contributed by atoms with van der Waals surface area (Å²) in [6, 6.07) is 14.7. The van der Waals surface area contributed by atoms with Gasteiger partial charge < -0.3 is 15.7 Å².